The highest BCUT2D eigenvalue weighted by atomic mass is 16.5. The summed E-state index contributed by atoms with van der Waals surface area (Å²) in [5.41, 5.74) is 1.67. The third-order valence-corrected chi connectivity index (χ3v) is 2.71. The van der Waals surface area contributed by atoms with Gasteiger partial charge < -0.3 is 15.2 Å². The fourth-order valence-corrected chi connectivity index (χ4v) is 1.58. The molecule has 6 heteroatoms. The Morgan fingerprint density at radius 2 is 2.26 bits per heavy atom. The number of carboxylic acids is 1. The number of pyridine rings is 1. The van der Waals surface area contributed by atoms with E-state index < -0.39 is 12.1 Å². The molecule has 104 valence electrons. The molecule has 0 radical (unpaired) electrons. The van der Waals surface area contributed by atoms with Crippen LogP contribution in [0.1, 0.15) is 17.7 Å². The number of hydrogen-bond acceptors (Lipinski definition) is 4. The van der Waals surface area contributed by atoms with Crippen molar-refractivity contribution < 1.29 is 19.4 Å². The lowest BCUT2D eigenvalue weighted by atomic mass is 10.1. The second kappa shape index (κ2) is 7.48. The van der Waals surface area contributed by atoms with Crippen LogP contribution in [0.15, 0.2) is 18.3 Å². The minimum Gasteiger partial charge on any atom is -0.481 e. The number of carbonyl (C=O) groups is 2. The molecule has 6 nitrogen and oxygen atoms in total. The van der Waals surface area contributed by atoms with Gasteiger partial charge in [0.25, 0.3) is 0 Å². The van der Waals surface area contributed by atoms with Gasteiger partial charge in [-0.15, -0.1) is 0 Å². The molecule has 1 atom stereocenters. The fourth-order valence-electron chi connectivity index (χ4n) is 1.58. The molecule has 1 aromatic heterocycles. The van der Waals surface area contributed by atoms with E-state index in [0.717, 1.165) is 5.56 Å². The number of nitrogens with zero attached hydrogens (tertiary/aromatic N) is 1. The van der Waals surface area contributed by atoms with E-state index in [2.05, 4.69) is 10.3 Å². The van der Waals surface area contributed by atoms with Crippen molar-refractivity contribution in [2.75, 3.05) is 13.7 Å². The van der Waals surface area contributed by atoms with Crippen LogP contribution in [0.2, 0.25) is 0 Å². The van der Waals surface area contributed by atoms with E-state index >= 15 is 0 Å². The first-order valence-corrected chi connectivity index (χ1v) is 5.94. The molecule has 0 aliphatic carbocycles. The second-order valence-corrected chi connectivity index (χ2v) is 4.20. The molecule has 0 aliphatic rings. The molecule has 0 aromatic carbocycles. The Kier molecular flexibility index (Phi) is 5.95. The van der Waals surface area contributed by atoms with Gasteiger partial charge in [-0.25, -0.2) is 0 Å². The fraction of sp³-hybridized carbons (Fsp3) is 0.462. The van der Waals surface area contributed by atoms with Gasteiger partial charge in [0.15, 0.2) is 0 Å². The summed E-state index contributed by atoms with van der Waals surface area (Å²) >= 11 is 0. The summed E-state index contributed by atoms with van der Waals surface area (Å²) in [5.74, 6) is -1.16. The zero-order valence-electron chi connectivity index (χ0n) is 11.0. The largest absolute Gasteiger partial charge is 0.481 e. The average Bonchev–Trinajstić information content (AvgIpc) is 2.37. The Bertz CT molecular complexity index is 448. The number of carboxylic acid groups (broad SMARTS) is 1. The Hall–Kier alpha value is -1.95. The topological polar surface area (TPSA) is 88.5 Å². The SMILES string of the molecule is COC(CNC(=O)Cc1ncccc1C)CC(=O)O. The van der Waals surface area contributed by atoms with Gasteiger partial charge >= 0.3 is 5.97 Å². The van der Waals surface area contributed by atoms with Gasteiger partial charge in [0.1, 0.15) is 0 Å². The summed E-state index contributed by atoms with van der Waals surface area (Å²) in [6.07, 6.45) is 1.15. The minimum atomic E-state index is -0.957. The van der Waals surface area contributed by atoms with E-state index in [0.29, 0.717) is 5.69 Å². The summed E-state index contributed by atoms with van der Waals surface area (Å²) < 4.78 is 4.97. The van der Waals surface area contributed by atoms with Crippen molar-refractivity contribution >= 4 is 11.9 Å². The maximum absolute atomic E-state index is 11.7. The lowest BCUT2D eigenvalue weighted by Crippen LogP contribution is -2.35. The molecule has 1 unspecified atom stereocenters. The van der Waals surface area contributed by atoms with Crippen molar-refractivity contribution in [2.45, 2.75) is 25.9 Å². The monoisotopic (exact) mass is 266 g/mol. The molecule has 1 heterocycles. The third kappa shape index (κ3) is 5.48. The van der Waals surface area contributed by atoms with Crippen molar-refractivity contribution in [2.24, 2.45) is 0 Å². The van der Waals surface area contributed by atoms with Crippen LogP contribution in [-0.2, 0) is 20.7 Å². The van der Waals surface area contributed by atoms with Crippen LogP contribution >= 0.6 is 0 Å². The second-order valence-electron chi connectivity index (χ2n) is 4.20. The van der Waals surface area contributed by atoms with E-state index in [9.17, 15) is 9.59 Å². The summed E-state index contributed by atoms with van der Waals surface area (Å²) in [6, 6.07) is 3.70. The van der Waals surface area contributed by atoms with E-state index in [1.54, 1.807) is 6.20 Å². The normalized spacial score (nSPS) is 11.9. The quantitative estimate of drug-likeness (QED) is 0.752. The van der Waals surface area contributed by atoms with Crippen LogP contribution in [0.3, 0.4) is 0 Å². The standard InChI is InChI=1S/C13H18N2O4/c1-9-4-3-5-14-11(9)7-12(16)15-8-10(19-2)6-13(17)18/h3-5,10H,6-8H2,1-2H3,(H,15,16)(H,17,18). The predicted octanol–water partition coefficient (Wildman–Crippen LogP) is 0.538. The number of hydrogen-bond donors (Lipinski definition) is 2. The Morgan fingerprint density at radius 1 is 1.53 bits per heavy atom. The van der Waals surface area contributed by atoms with Crippen LogP contribution in [0, 0.1) is 6.92 Å². The van der Waals surface area contributed by atoms with Crippen LogP contribution in [-0.4, -0.2) is 41.7 Å². The van der Waals surface area contributed by atoms with Gasteiger partial charge in [-0.3, -0.25) is 14.6 Å². The zero-order valence-corrected chi connectivity index (χ0v) is 11.0. The maximum Gasteiger partial charge on any atom is 0.306 e. The Labute approximate surface area is 111 Å². The number of aromatic nitrogens is 1. The van der Waals surface area contributed by atoms with Gasteiger partial charge in [-0.05, 0) is 18.6 Å². The van der Waals surface area contributed by atoms with E-state index in [1.807, 2.05) is 19.1 Å². The van der Waals surface area contributed by atoms with Crippen LogP contribution in [0.4, 0.5) is 0 Å². The molecule has 0 aliphatic heterocycles. The number of aryl methyl sites for hydroxylation is 1. The lowest BCUT2D eigenvalue weighted by Gasteiger charge is -2.14. The molecule has 0 spiro atoms. The first kappa shape index (κ1) is 15.1. The van der Waals surface area contributed by atoms with E-state index in [-0.39, 0.29) is 25.3 Å². The van der Waals surface area contributed by atoms with Crippen molar-refractivity contribution in [3.05, 3.63) is 29.6 Å². The molecule has 0 fully saturated rings. The maximum atomic E-state index is 11.7. The highest BCUT2D eigenvalue weighted by Crippen LogP contribution is 2.04. The average molecular weight is 266 g/mol. The molecule has 1 rings (SSSR count). The van der Waals surface area contributed by atoms with Crippen molar-refractivity contribution in [3.63, 3.8) is 0 Å². The number of amides is 1. The molecule has 1 aromatic rings. The molecule has 0 saturated carbocycles. The highest BCUT2D eigenvalue weighted by molar-refractivity contribution is 5.78. The number of carbonyl (C=O) groups excluding carboxylic acids is 1. The predicted molar refractivity (Wildman–Crippen MR) is 68.7 cm³/mol. The number of rotatable bonds is 7. The first-order valence-electron chi connectivity index (χ1n) is 5.94. The van der Waals surface area contributed by atoms with Crippen LogP contribution in [0.25, 0.3) is 0 Å². The van der Waals surface area contributed by atoms with Gasteiger partial charge in [0, 0.05) is 19.9 Å². The number of methoxy groups -OCH3 is 1. The van der Waals surface area contributed by atoms with Gasteiger partial charge in [0.05, 0.1) is 24.6 Å². The first-order chi connectivity index (χ1) is 9.02. The van der Waals surface area contributed by atoms with Crippen molar-refractivity contribution in [1.29, 1.82) is 0 Å². The zero-order chi connectivity index (χ0) is 14.3. The van der Waals surface area contributed by atoms with Gasteiger partial charge in [-0.2, -0.15) is 0 Å². The number of aliphatic carboxylic acids is 1. The number of ether oxygens (including phenoxy) is 1. The van der Waals surface area contributed by atoms with E-state index in [1.165, 1.54) is 7.11 Å². The minimum absolute atomic E-state index is 0.139. The van der Waals surface area contributed by atoms with Gasteiger partial charge in [0.2, 0.25) is 5.91 Å². The van der Waals surface area contributed by atoms with E-state index in [4.69, 9.17) is 9.84 Å². The van der Waals surface area contributed by atoms with Gasteiger partial charge in [-0.1, -0.05) is 6.07 Å². The molecule has 1 amide bonds. The molecular weight excluding hydrogens is 248 g/mol. The molecule has 0 saturated heterocycles. The molecular formula is C13H18N2O4. The summed E-state index contributed by atoms with van der Waals surface area (Å²) in [6.45, 7) is 2.06. The smallest absolute Gasteiger partial charge is 0.306 e. The van der Waals surface area contributed by atoms with Crippen molar-refractivity contribution in [3.8, 4) is 0 Å². The highest BCUT2D eigenvalue weighted by Gasteiger charge is 2.14. The van der Waals surface area contributed by atoms with Crippen LogP contribution in [0.5, 0.6) is 0 Å². The molecule has 2 N–H and O–H groups in total. The number of nitrogens with one attached hydrogen (secondary N) is 1. The lowest BCUT2D eigenvalue weighted by molar-refractivity contribution is -0.140. The summed E-state index contributed by atoms with van der Waals surface area (Å²) in [4.78, 5) is 26.4. The van der Waals surface area contributed by atoms with Crippen LogP contribution < -0.4 is 5.32 Å². The molecule has 19 heavy (non-hydrogen) atoms. The summed E-state index contributed by atoms with van der Waals surface area (Å²) in [7, 11) is 1.42. The molecule has 0 bridgehead atoms. The Morgan fingerprint density at radius 3 is 2.84 bits per heavy atom. The third-order valence-electron chi connectivity index (χ3n) is 2.71. The van der Waals surface area contributed by atoms with Crippen molar-refractivity contribution in [1.82, 2.24) is 10.3 Å². The Balaban J connectivity index is 2.43. The summed E-state index contributed by atoms with van der Waals surface area (Å²) in [5, 5.41) is 11.3.